The number of hydrogen-bond donors (Lipinski definition) is 2. The molecule has 20 heavy (non-hydrogen) atoms. The van der Waals surface area contributed by atoms with Gasteiger partial charge in [-0.15, -0.1) is 0 Å². The average molecular weight is 277 g/mol. The van der Waals surface area contributed by atoms with Crippen LogP contribution in [0.4, 0.5) is 11.6 Å². The first kappa shape index (κ1) is 15.0. The number of nitrogens with two attached hydrogens (primary N) is 1. The highest BCUT2D eigenvalue weighted by Gasteiger charge is 2.24. The molecule has 3 N–H and O–H groups in total. The van der Waals surface area contributed by atoms with Crippen molar-refractivity contribution < 1.29 is 0 Å². The van der Waals surface area contributed by atoms with Crippen molar-refractivity contribution in [2.24, 2.45) is 11.8 Å². The van der Waals surface area contributed by atoms with Crippen LogP contribution in [0.15, 0.2) is 0 Å². The third-order valence-corrected chi connectivity index (χ3v) is 4.49. The fourth-order valence-corrected chi connectivity index (χ4v) is 2.99. The molecule has 0 atom stereocenters. The van der Waals surface area contributed by atoms with Crippen molar-refractivity contribution in [1.29, 1.82) is 0 Å². The number of hydrogen-bond acceptors (Lipinski definition) is 5. The number of rotatable bonds is 4. The standard InChI is InChI=1S/C15H27N5/c1-5-13-17-14(19-16)11(3)15(18-13)20(4)12-8-6-10(2)7-9-12/h10,12H,5-9,16H2,1-4H3,(H,17,18,19). The number of nitrogens with one attached hydrogen (secondary N) is 1. The van der Waals surface area contributed by atoms with E-state index in [0.717, 1.165) is 35.4 Å². The lowest BCUT2D eigenvalue weighted by molar-refractivity contribution is 0.339. The lowest BCUT2D eigenvalue weighted by atomic mass is 9.86. The second-order valence-corrected chi connectivity index (χ2v) is 5.96. The van der Waals surface area contributed by atoms with Crippen molar-refractivity contribution in [2.45, 2.75) is 58.9 Å². The highest BCUT2D eigenvalue weighted by atomic mass is 15.3. The van der Waals surface area contributed by atoms with Crippen molar-refractivity contribution in [2.75, 3.05) is 17.4 Å². The Labute approximate surface area is 121 Å². The van der Waals surface area contributed by atoms with E-state index in [2.05, 4.69) is 36.2 Å². The summed E-state index contributed by atoms with van der Waals surface area (Å²) in [6.45, 7) is 6.45. The quantitative estimate of drug-likeness (QED) is 0.654. The molecule has 0 amide bonds. The van der Waals surface area contributed by atoms with Gasteiger partial charge in [0.1, 0.15) is 17.5 Å². The maximum Gasteiger partial charge on any atom is 0.148 e. The van der Waals surface area contributed by atoms with Crippen LogP contribution in [0.5, 0.6) is 0 Å². The molecule has 0 saturated heterocycles. The fourth-order valence-electron chi connectivity index (χ4n) is 2.99. The molecular formula is C15H27N5. The molecule has 1 aliphatic rings. The topological polar surface area (TPSA) is 67.1 Å². The van der Waals surface area contributed by atoms with E-state index in [1.807, 2.05) is 6.92 Å². The zero-order valence-electron chi connectivity index (χ0n) is 13.1. The van der Waals surface area contributed by atoms with Crippen LogP contribution >= 0.6 is 0 Å². The Hall–Kier alpha value is -1.36. The molecule has 0 unspecified atom stereocenters. The summed E-state index contributed by atoms with van der Waals surface area (Å²) in [6, 6.07) is 0.579. The second-order valence-electron chi connectivity index (χ2n) is 5.96. The van der Waals surface area contributed by atoms with E-state index in [1.165, 1.54) is 25.7 Å². The van der Waals surface area contributed by atoms with Crippen LogP contribution in [-0.4, -0.2) is 23.1 Å². The Balaban J connectivity index is 2.26. The first-order valence-corrected chi connectivity index (χ1v) is 7.63. The first-order chi connectivity index (χ1) is 9.56. The first-order valence-electron chi connectivity index (χ1n) is 7.63. The summed E-state index contributed by atoms with van der Waals surface area (Å²) in [6.07, 6.45) is 5.92. The van der Waals surface area contributed by atoms with Crippen LogP contribution in [0.25, 0.3) is 0 Å². The van der Waals surface area contributed by atoms with Gasteiger partial charge in [-0.2, -0.15) is 0 Å². The third kappa shape index (κ3) is 3.03. The maximum atomic E-state index is 5.58. The van der Waals surface area contributed by atoms with E-state index >= 15 is 0 Å². The molecule has 0 spiro atoms. The normalized spacial score (nSPS) is 22.6. The van der Waals surface area contributed by atoms with Crippen molar-refractivity contribution in [3.05, 3.63) is 11.4 Å². The van der Waals surface area contributed by atoms with Gasteiger partial charge in [0, 0.05) is 25.1 Å². The number of aryl methyl sites for hydroxylation is 1. The molecule has 5 nitrogen and oxygen atoms in total. The molecule has 1 aromatic rings. The van der Waals surface area contributed by atoms with Crippen LogP contribution in [0, 0.1) is 12.8 Å². The molecule has 2 rings (SSSR count). The highest BCUT2D eigenvalue weighted by molar-refractivity contribution is 5.58. The lowest BCUT2D eigenvalue weighted by Crippen LogP contribution is -2.36. The number of anilines is 2. The van der Waals surface area contributed by atoms with Gasteiger partial charge in [0.25, 0.3) is 0 Å². The Morgan fingerprint density at radius 1 is 1.25 bits per heavy atom. The summed E-state index contributed by atoms with van der Waals surface area (Å²) in [5.74, 6) is 9.04. The number of hydrazine groups is 1. The molecule has 112 valence electrons. The van der Waals surface area contributed by atoms with Gasteiger partial charge < -0.3 is 10.3 Å². The number of nitrogen functional groups attached to an aromatic ring is 1. The van der Waals surface area contributed by atoms with Gasteiger partial charge >= 0.3 is 0 Å². The van der Waals surface area contributed by atoms with Crippen LogP contribution in [0.1, 0.15) is 50.9 Å². The minimum atomic E-state index is 0.579. The van der Waals surface area contributed by atoms with Gasteiger partial charge in [-0.1, -0.05) is 13.8 Å². The van der Waals surface area contributed by atoms with Gasteiger partial charge in [-0.25, -0.2) is 15.8 Å². The van der Waals surface area contributed by atoms with E-state index in [4.69, 9.17) is 10.8 Å². The molecule has 1 aliphatic carbocycles. The summed E-state index contributed by atoms with van der Waals surface area (Å²) in [5.41, 5.74) is 3.73. The molecule has 1 saturated carbocycles. The van der Waals surface area contributed by atoms with E-state index in [1.54, 1.807) is 0 Å². The summed E-state index contributed by atoms with van der Waals surface area (Å²) in [4.78, 5) is 11.5. The molecular weight excluding hydrogens is 250 g/mol. The highest BCUT2D eigenvalue weighted by Crippen LogP contribution is 2.31. The Kier molecular flexibility index (Phi) is 4.81. The summed E-state index contributed by atoms with van der Waals surface area (Å²) >= 11 is 0. The molecule has 0 aliphatic heterocycles. The van der Waals surface area contributed by atoms with E-state index in [9.17, 15) is 0 Å². The van der Waals surface area contributed by atoms with Gasteiger partial charge in [-0.3, -0.25) is 0 Å². The van der Waals surface area contributed by atoms with Crippen LogP contribution in [-0.2, 0) is 6.42 Å². The lowest BCUT2D eigenvalue weighted by Gasteiger charge is -2.35. The van der Waals surface area contributed by atoms with Crippen molar-refractivity contribution in [1.82, 2.24) is 9.97 Å². The van der Waals surface area contributed by atoms with Crippen LogP contribution in [0.3, 0.4) is 0 Å². The number of aromatic nitrogens is 2. The average Bonchev–Trinajstić information content (AvgIpc) is 2.47. The summed E-state index contributed by atoms with van der Waals surface area (Å²) in [7, 11) is 2.15. The zero-order valence-corrected chi connectivity index (χ0v) is 13.1. The van der Waals surface area contributed by atoms with Crippen molar-refractivity contribution in [3.8, 4) is 0 Å². The van der Waals surface area contributed by atoms with E-state index in [0.29, 0.717) is 6.04 Å². The second kappa shape index (κ2) is 6.39. The van der Waals surface area contributed by atoms with E-state index < -0.39 is 0 Å². The predicted octanol–water partition coefficient (Wildman–Crippen LogP) is 2.65. The van der Waals surface area contributed by atoms with Crippen molar-refractivity contribution in [3.63, 3.8) is 0 Å². The molecule has 1 fully saturated rings. The smallest absolute Gasteiger partial charge is 0.148 e. The maximum absolute atomic E-state index is 5.58. The Bertz CT molecular complexity index is 452. The van der Waals surface area contributed by atoms with Gasteiger partial charge in [-0.05, 0) is 38.5 Å². The van der Waals surface area contributed by atoms with Crippen LogP contribution in [0.2, 0.25) is 0 Å². The molecule has 5 heteroatoms. The van der Waals surface area contributed by atoms with Gasteiger partial charge in [0.15, 0.2) is 0 Å². The molecule has 1 aromatic heterocycles. The van der Waals surface area contributed by atoms with Gasteiger partial charge in [0.2, 0.25) is 0 Å². The Morgan fingerprint density at radius 2 is 1.90 bits per heavy atom. The number of nitrogens with zero attached hydrogens (tertiary/aromatic N) is 3. The van der Waals surface area contributed by atoms with Crippen molar-refractivity contribution >= 4 is 11.6 Å². The zero-order chi connectivity index (χ0) is 14.7. The summed E-state index contributed by atoms with van der Waals surface area (Å²) < 4.78 is 0. The predicted molar refractivity (Wildman–Crippen MR) is 83.8 cm³/mol. The Morgan fingerprint density at radius 3 is 2.45 bits per heavy atom. The molecule has 0 bridgehead atoms. The molecule has 1 heterocycles. The van der Waals surface area contributed by atoms with E-state index in [-0.39, 0.29) is 0 Å². The minimum absolute atomic E-state index is 0.579. The molecule has 0 aromatic carbocycles. The van der Waals surface area contributed by atoms with Crippen LogP contribution < -0.4 is 16.2 Å². The minimum Gasteiger partial charge on any atom is -0.356 e. The SMILES string of the molecule is CCc1nc(NN)c(C)c(N(C)C2CCC(C)CC2)n1. The van der Waals surface area contributed by atoms with Gasteiger partial charge in [0.05, 0.1) is 0 Å². The summed E-state index contributed by atoms with van der Waals surface area (Å²) in [5, 5.41) is 0. The third-order valence-electron chi connectivity index (χ3n) is 4.49. The largest absolute Gasteiger partial charge is 0.356 e. The molecule has 0 radical (unpaired) electrons. The monoisotopic (exact) mass is 277 g/mol. The fraction of sp³-hybridized carbons (Fsp3) is 0.733.